The van der Waals surface area contributed by atoms with E-state index in [1.54, 1.807) is 6.07 Å². The Morgan fingerprint density at radius 2 is 1.77 bits per heavy atom. The predicted octanol–water partition coefficient (Wildman–Crippen LogP) is 5.36. The lowest BCUT2D eigenvalue weighted by atomic mass is 9.87. The van der Waals surface area contributed by atoms with E-state index in [1.807, 2.05) is 30.3 Å². The van der Waals surface area contributed by atoms with E-state index in [0.29, 0.717) is 17.7 Å². The predicted molar refractivity (Wildman–Crippen MR) is 108 cm³/mol. The highest BCUT2D eigenvalue weighted by molar-refractivity contribution is 5.96. The Balaban J connectivity index is 1.68. The molecule has 0 fully saturated rings. The number of carboxylic acids is 1. The van der Waals surface area contributed by atoms with Gasteiger partial charge in [-0.2, -0.15) is 13.2 Å². The number of hydrogen-bond donors (Lipinski definition) is 2. The molecule has 0 aromatic heterocycles. The minimum Gasteiger partial charge on any atom is -0.493 e. The smallest absolute Gasteiger partial charge is 0.416 e. The number of ether oxygens (including phenoxy) is 1. The number of alkyl halides is 3. The van der Waals surface area contributed by atoms with Gasteiger partial charge in [0.1, 0.15) is 5.75 Å². The highest BCUT2D eigenvalue weighted by atomic mass is 19.4. The molecule has 3 aromatic rings. The molecule has 0 aliphatic carbocycles. The van der Waals surface area contributed by atoms with Crippen LogP contribution in [-0.4, -0.2) is 22.8 Å². The Morgan fingerprint density at radius 3 is 2.45 bits per heavy atom. The second-order valence-electron chi connectivity index (χ2n) is 7.52. The molecule has 2 unspecified atom stereocenters. The fourth-order valence-electron chi connectivity index (χ4n) is 3.85. The number of benzene rings is 3. The van der Waals surface area contributed by atoms with E-state index in [0.717, 1.165) is 23.8 Å². The molecular weight excluding hydrogens is 409 g/mol. The van der Waals surface area contributed by atoms with E-state index in [2.05, 4.69) is 0 Å². The van der Waals surface area contributed by atoms with Crippen molar-refractivity contribution < 1.29 is 32.9 Å². The van der Waals surface area contributed by atoms with E-state index >= 15 is 0 Å². The Bertz CT molecular complexity index is 1110. The number of hydrogen-bond acceptors (Lipinski definition) is 3. The van der Waals surface area contributed by atoms with Crippen molar-refractivity contribution in [3.05, 3.63) is 89.0 Å². The molecule has 2 N–H and O–H groups in total. The number of aliphatic hydroxyl groups excluding tert-OH is 1. The number of halogens is 3. The molecule has 4 rings (SSSR count). The Morgan fingerprint density at radius 1 is 1.03 bits per heavy atom. The highest BCUT2D eigenvalue weighted by Crippen LogP contribution is 2.41. The fraction of sp³-hybridized carbons (Fsp3) is 0.208. The zero-order valence-electron chi connectivity index (χ0n) is 16.3. The van der Waals surface area contributed by atoms with Crippen LogP contribution in [-0.2, 0) is 12.6 Å². The molecule has 0 saturated heterocycles. The van der Waals surface area contributed by atoms with Crippen LogP contribution >= 0.6 is 0 Å². The van der Waals surface area contributed by atoms with Crippen molar-refractivity contribution in [2.45, 2.75) is 18.7 Å². The third kappa shape index (κ3) is 4.27. The van der Waals surface area contributed by atoms with E-state index < -0.39 is 23.8 Å². The molecule has 1 aliphatic heterocycles. The third-order valence-electron chi connectivity index (χ3n) is 5.46. The summed E-state index contributed by atoms with van der Waals surface area (Å²) in [5.74, 6) is -1.17. The van der Waals surface area contributed by atoms with Gasteiger partial charge in [0, 0.05) is 11.5 Å². The van der Waals surface area contributed by atoms with Crippen LogP contribution in [0.1, 0.15) is 33.2 Å². The Labute approximate surface area is 176 Å². The Kier molecular flexibility index (Phi) is 5.45. The average Bonchev–Trinajstić information content (AvgIpc) is 2.75. The van der Waals surface area contributed by atoms with Crippen LogP contribution in [0.4, 0.5) is 13.2 Å². The molecule has 0 bridgehead atoms. The van der Waals surface area contributed by atoms with Gasteiger partial charge in [-0.1, -0.05) is 42.5 Å². The van der Waals surface area contributed by atoms with Crippen molar-refractivity contribution in [2.75, 3.05) is 6.61 Å². The summed E-state index contributed by atoms with van der Waals surface area (Å²) in [7, 11) is 0. The van der Waals surface area contributed by atoms with E-state index in [9.17, 15) is 28.2 Å². The lowest BCUT2D eigenvalue weighted by Crippen LogP contribution is -2.27. The minimum atomic E-state index is -4.60. The van der Waals surface area contributed by atoms with Crippen LogP contribution in [0.2, 0.25) is 0 Å². The van der Waals surface area contributed by atoms with Gasteiger partial charge in [0.25, 0.3) is 0 Å². The quantitative estimate of drug-likeness (QED) is 0.588. The Hall–Kier alpha value is -3.32. The van der Waals surface area contributed by atoms with Gasteiger partial charge in [0.05, 0.1) is 23.8 Å². The molecule has 0 radical (unpaired) electrons. The second kappa shape index (κ2) is 8.07. The van der Waals surface area contributed by atoms with E-state index in [4.69, 9.17) is 4.74 Å². The molecule has 3 aromatic carbocycles. The lowest BCUT2D eigenvalue weighted by molar-refractivity contribution is -0.137. The van der Waals surface area contributed by atoms with Crippen LogP contribution in [0.3, 0.4) is 0 Å². The van der Waals surface area contributed by atoms with Crippen molar-refractivity contribution in [3.8, 4) is 16.9 Å². The van der Waals surface area contributed by atoms with Crippen LogP contribution < -0.4 is 4.74 Å². The van der Waals surface area contributed by atoms with Crippen molar-refractivity contribution in [2.24, 2.45) is 5.92 Å². The van der Waals surface area contributed by atoms with Gasteiger partial charge in [-0.25, -0.2) is 4.79 Å². The van der Waals surface area contributed by atoms with Crippen LogP contribution in [0, 0.1) is 5.92 Å². The molecule has 0 spiro atoms. The minimum absolute atomic E-state index is 0.0605. The average molecular weight is 428 g/mol. The first-order chi connectivity index (χ1) is 14.7. The maximum absolute atomic E-state index is 13.2. The molecule has 4 nitrogen and oxygen atoms in total. The summed E-state index contributed by atoms with van der Waals surface area (Å²) >= 11 is 0. The van der Waals surface area contributed by atoms with Crippen molar-refractivity contribution in [1.82, 2.24) is 0 Å². The van der Waals surface area contributed by atoms with Crippen molar-refractivity contribution in [1.29, 1.82) is 0 Å². The summed E-state index contributed by atoms with van der Waals surface area (Å²) in [5, 5.41) is 20.2. The normalized spacial score (nSPS) is 18.2. The molecular formula is C24H19F3O4. The maximum Gasteiger partial charge on any atom is 0.416 e. The first-order valence-corrected chi connectivity index (χ1v) is 9.67. The van der Waals surface area contributed by atoms with E-state index in [-0.39, 0.29) is 29.2 Å². The summed E-state index contributed by atoms with van der Waals surface area (Å²) < 4.78 is 45.3. The first-order valence-electron chi connectivity index (χ1n) is 9.67. The summed E-state index contributed by atoms with van der Waals surface area (Å²) in [5.41, 5.74) is 0.621. The first kappa shape index (κ1) is 20.9. The highest BCUT2D eigenvalue weighted by Gasteiger charge is 2.33. The third-order valence-corrected chi connectivity index (χ3v) is 5.46. The van der Waals surface area contributed by atoms with Gasteiger partial charge in [-0.3, -0.25) is 0 Å². The second-order valence-corrected chi connectivity index (χ2v) is 7.52. The summed E-state index contributed by atoms with van der Waals surface area (Å²) in [6.45, 7) is 0.237. The molecule has 1 heterocycles. The maximum atomic E-state index is 13.2. The standard InChI is InChI=1S/C24H19F3O4/c25-24(26,27)17-7-9-18(23(29)30)20(12-17)15-6-8-19-21(11-15)31-13-16(22(19)28)10-14-4-2-1-3-5-14/h1-9,11-12,16,22,28H,10,13H2,(H,29,30). The number of carbonyl (C=O) groups is 1. The molecule has 1 aliphatic rings. The largest absolute Gasteiger partial charge is 0.493 e. The van der Waals surface area contributed by atoms with Gasteiger partial charge in [0.15, 0.2) is 0 Å². The molecule has 31 heavy (non-hydrogen) atoms. The molecule has 7 heteroatoms. The van der Waals surface area contributed by atoms with Crippen LogP contribution in [0.25, 0.3) is 11.1 Å². The zero-order valence-corrected chi connectivity index (χ0v) is 16.3. The number of aliphatic hydroxyl groups is 1. The summed E-state index contributed by atoms with van der Waals surface area (Å²) in [4.78, 5) is 11.6. The molecule has 160 valence electrons. The van der Waals surface area contributed by atoms with Gasteiger partial charge < -0.3 is 14.9 Å². The van der Waals surface area contributed by atoms with Gasteiger partial charge in [-0.15, -0.1) is 0 Å². The number of rotatable bonds is 4. The molecule has 0 saturated carbocycles. The number of fused-ring (bicyclic) bond motifs is 1. The van der Waals surface area contributed by atoms with Gasteiger partial charge in [-0.05, 0) is 47.4 Å². The SMILES string of the molecule is O=C(O)c1ccc(C(F)(F)F)cc1-c1ccc2c(c1)OCC(Cc1ccccc1)C2O. The van der Waals surface area contributed by atoms with E-state index in [1.165, 1.54) is 12.1 Å². The van der Waals surface area contributed by atoms with Crippen molar-refractivity contribution >= 4 is 5.97 Å². The number of carboxylic acid groups (broad SMARTS) is 1. The van der Waals surface area contributed by atoms with Gasteiger partial charge >= 0.3 is 12.1 Å². The van der Waals surface area contributed by atoms with Crippen LogP contribution in [0.15, 0.2) is 66.7 Å². The molecule has 0 amide bonds. The van der Waals surface area contributed by atoms with Gasteiger partial charge in [0.2, 0.25) is 0 Å². The summed E-state index contributed by atoms with van der Waals surface area (Å²) in [6.07, 6.45) is -4.80. The lowest BCUT2D eigenvalue weighted by Gasteiger charge is -2.31. The zero-order chi connectivity index (χ0) is 22.2. The topological polar surface area (TPSA) is 66.8 Å². The van der Waals surface area contributed by atoms with Crippen molar-refractivity contribution in [3.63, 3.8) is 0 Å². The monoisotopic (exact) mass is 428 g/mol. The number of aromatic carboxylic acids is 1. The fourth-order valence-corrected chi connectivity index (χ4v) is 3.85. The van der Waals surface area contributed by atoms with Crippen LogP contribution in [0.5, 0.6) is 5.75 Å². The molecule has 2 atom stereocenters. The summed E-state index contributed by atoms with van der Waals surface area (Å²) in [6, 6.07) is 16.8.